The zero-order chi connectivity index (χ0) is 10.4. The fourth-order valence-electron chi connectivity index (χ4n) is 3.30. The molecule has 0 heterocycles. The van der Waals surface area contributed by atoms with E-state index in [9.17, 15) is 9.59 Å². The zero-order valence-electron chi connectivity index (χ0n) is 8.44. The van der Waals surface area contributed by atoms with Crippen LogP contribution >= 0.6 is 11.6 Å². The van der Waals surface area contributed by atoms with E-state index in [0.29, 0.717) is 12.8 Å². The summed E-state index contributed by atoms with van der Waals surface area (Å²) in [6.45, 7) is 2.11. The first-order valence-corrected chi connectivity index (χ1v) is 5.55. The highest BCUT2D eigenvalue weighted by molar-refractivity contribution is 6.64. The molecule has 0 radical (unpaired) electrons. The summed E-state index contributed by atoms with van der Waals surface area (Å²) in [6, 6.07) is 0. The highest BCUT2D eigenvalue weighted by Crippen LogP contribution is 2.55. The van der Waals surface area contributed by atoms with Gasteiger partial charge >= 0.3 is 0 Å². The maximum Gasteiger partial charge on any atom is 0.228 e. The zero-order valence-corrected chi connectivity index (χ0v) is 9.19. The summed E-state index contributed by atoms with van der Waals surface area (Å²) in [6.07, 6.45) is 4.72. The molecule has 0 aromatic heterocycles. The number of hydrogen-bond acceptors (Lipinski definition) is 2. The third kappa shape index (κ3) is 1.50. The Labute approximate surface area is 89.0 Å². The first-order chi connectivity index (χ1) is 6.46. The van der Waals surface area contributed by atoms with Crippen molar-refractivity contribution in [3.8, 4) is 0 Å². The predicted molar refractivity (Wildman–Crippen MR) is 54.1 cm³/mol. The Morgan fingerprint density at radius 1 is 1.36 bits per heavy atom. The molecular weight excluding hydrogens is 200 g/mol. The fourth-order valence-corrected chi connectivity index (χ4v) is 3.53. The molecule has 0 aromatic rings. The second kappa shape index (κ2) is 3.06. The van der Waals surface area contributed by atoms with E-state index in [4.69, 9.17) is 11.6 Å². The van der Waals surface area contributed by atoms with Crippen LogP contribution in [0.1, 0.15) is 45.4 Å². The molecule has 2 saturated carbocycles. The summed E-state index contributed by atoms with van der Waals surface area (Å²) in [4.78, 5) is 23.0. The lowest BCUT2D eigenvalue weighted by Gasteiger charge is -2.48. The molecule has 2 unspecified atom stereocenters. The summed E-state index contributed by atoms with van der Waals surface area (Å²) >= 11 is 5.65. The average molecular weight is 215 g/mol. The normalized spacial score (nSPS) is 42.3. The molecule has 78 valence electrons. The summed E-state index contributed by atoms with van der Waals surface area (Å²) < 4.78 is 0. The second-order valence-electron chi connectivity index (χ2n) is 5.29. The number of halogens is 1. The van der Waals surface area contributed by atoms with E-state index >= 15 is 0 Å². The van der Waals surface area contributed by atoms with Crippen molar-refractivity contribution >= 4 is 22.6 Å². The lowest BCUT2D eigenvalue weighted by molar-refractivity contribution is -0.141. The largest absolute Gasteiger partial charge is 0.300 e. The summed E-state index contributed by atoms with van der Waals surface area (Å²) in [5.41, 5.74) is -0.470. The van der Waals surface area contributed by atoms with Gasteiger partial charge in [0.2, 0.25) is 5.24 Å². The fraction of sp³-hybridized carbons (Fsp3) is 0.818. The molecule has 14 heavy (non-hydrogen) atoms. The third-order valence-electron chi connectivity index (χ3n) is 3.78. The third-order valence-corrected chi connectivity index (χ3v) is 4.18. The number of hydrogen-bond donors (Lipinski definition) is 0. The van der Waals surface area contributed by atoms with Crippen molar-refractivity contribution in [1.82, 2.24) is 0 Å². The summed E-state index contributed by atoms with van der Waals surface area (Å²) in [5, 5.41) is -0.295. The van der Waals surface area contributed by atoms with Crippen LogP contribution in [0.2, 0.25) is 0 Å². The first kappa shape index (κ1) is 10.2. The molecule has 2 bridgehead atoms. The minimum absolute atomic E-state index is 0.0398. The van der Waals surface area contributed by atoms with Gasteiger partial charge in [0.25, 0.3) is 0 Å². The molecule has 3 heteroatoms. The van der Waals surface area contributed by atoms with Crippen LogP contribution in [0.25, 0.3) is 0 Å². The molecule has 2 rings (SSSR count). The van der Waals surface area contributed by atoms with E-state index in [1.54, 1.807) is 0 Å². The lowest BCUT2D eigenvalue weighted by atomic mass is 9.56. The highest BCUT2D eigenvalue weighted by Gasteiger charge is 2.51. The molecule has 2 nitrogen and oxygen atoms in total. The van der Waals surface area contributed by atoms with Gasteiger partial charge < -0.3 is 0 Å². The van der Waals surface area contributed by atoms with Crippen LogP contribution < -0.4 is 0 Å². The Morgan fingerprint density at radius 2 is 2.07 bits per heavy atom. The predicted octanol–water partition coefficient (Wildman–Crippen LogP) is 2.68. The SMILES string of the molecule is CC12CCCC(C(=O)Cl)(CC(=O)C1)C2. The van der Waals surface area contributed by atoms with Crippen molar-refractivity contribution in [3.05, 3.63) is 0 Å². The molecule has 2 aliphatic carbocycles. The lowest BCUT2D eigenvalue weighted by Crippen LogP contribution is -2.45. The van der Waals surface area contributed by atoms with Gasteiger partial charge in [0.05, 0.1) is 5.41 Å². The minimum Gasteiger partial charge on any atom is -0.300 e. The molecule has 0 N–H and O–H groups in total. The minimum atomic E-state index is -0.510. The van der Waals surface area contributed by atoms with Crippen LogP contribution in [0.3, 0.4) is 0 Å². The Kier molecular flexibility index (Phi) is 2.22. The number of carbonyl (C=O) groups is 2. The number of fused-ring (bicyclic) bond motifs is 2. The van der Waals surface area contributed by atoms with Gasteiger partial charge in [0, 0.05) is 12.8 Å². The molecule has 2 fully saturated rings. The van der Waals surface area contributed by atoms with Crippen LogP contribution in [0.4, 0.5) is 0 Å². The van der Waals surface area contributed by atoms with Crippen molar-refractivity contribution < 1.29 is 9.59 Å². The monoisotopic (exact) mass is 214 g/mol. The molecule has 2 aliphatic rings. The van der Waals surface area contributed by atoms with Crippen LogP contribution in [-0.2, 0) is 9.59 Å². The van der Waals surface area contributed by atoms with Gasteiger partial charge in [-0.2, -0.15) is 0 Å². The molecule has 2 atom stereocenters. The Hall–Kier alpha value is -0.370. The topological polar surface area (TPSA) is 34.1 Å². The average Bonchev–Trinajstić information content (AvgIpc) is 2.00. The van der Waals surface area contributed by atoms with Crippen molar-refractivity contribution in [3.63, 3.8) is 0 Å². The van der Waals surface area contributed by atoms with E-state index in [0.717, 1.165) is 25.7 Å². The Balaban J connectivity index is 2.33. The van der Waals surface area contributed by atoms with Crippen molar-refractivity contribution in [2.45, 2.75) is 45.4 Å². The summed E-state index contributed by atoms with van der Waals surface area (Å²) in [5.74, 6) is 0.215. The van der Waals surface area contributed by atoms with Crippen LogP contribution in [0, 0.1) is 10.8 Å². The number of ketones is 1. The van der Waals surface area contributed by atoms with Gasteiger partial charge in [-0.05, 0) is 36.3 Å². The molecule has 0 aliphatic heterocycles. The molecule has 0 spiro atoms. The Bertz CT molecular complexity index is 300. The van der Waals surface area contributed by atoms with Crippen LogP contribution in [0.5, 0.6) is 0 Å². The van der Waals surface area contributed by atoms with Gasteiger partial charge in [0.15, 0.2) is 0 Å². The van der Waals surface area contributed by atoms with Crippen molar-refractivity contribution in [1.29, 1.82) is 0 Å². The highest BCUT2D eigenvalue weighted by atomic mass is 35.5. The van der Waals surface area contributed by atoms with E-state index < -0.39 is 5.41 Å². The first-order valence-electron chi connectivity index (χ1n) is 5.18. The van der Waals surface area contributed by atoms with Gasteiger partial charge in [-0.15, -0.1) is 0 Å². The maximum absolute atomic E-state index is 11.6. The maximum atomic E-state index is 11.6. The van der Waals surface area contributed by atoms with Gasteiger partial charge in [-0.3, -0.25) is 9.59 Å². The van der Waals surface area contributed by atoms with Crippen LogP contribution in [-0.4, -0.2) is 11.0 Å². The Morgan fingerprint density at radius 3 is 2.71 bits per heavy atom. The van der Waals surface area contributed by atoms with Crippen molar-refractivity contribution in [2.24, 2.45) is 10.8 Å². The number of rotatable bonds is 1. The van der Waals surface area contributed by atoms with E-state index in [-0.39, 0.29) is 16.4 Å². The summed E-state index contributed by atoms with van der Waals surface area (Å²) in [7, 11) is 0. The molecule has 0 saturated heterocycles. The van der Waals surface area contributed by atoms with Gasteiger partial charge in [-0.1, -0.05) is 13.3 Å². The second-order valence-corrected chi connectivity index (χ2v) is 5.63. The van der Waals surface area contributed by atoms with Gasteiger partial charge in [0.1, 0.15) is 5.78 Å². The number of carbonyl (C=O) groups excluding carboxylic acids is 2. The quantitative estimate of drug-likeness (QED) is 0.629. The van der Waals surface area contributed by atoms with Crippen molar-refractivity contribution in [2.75, 3.05) is 0 Å². The smallest absolute Gasteiger partial charge is 0.228 e. The molecular formula is C11H15ClO2. The van der Waals surface area contributed by atoms with Crippen LogP contribution in [0.15, 0.2) is 0 Å². The van der Waals surface area contributed by atoms with E-state index in [1.807, 2.05) is 0 Å². The molecule has 0 aromatic carbocycles. The standard InChI is InChI=1S/C11H15ClO2/c1-10-3-2-4-11(7-10,9(12)14)6-8(13)5-10/h2-7H2,1H3. The van der Waals surface area contributed by atoms with E-state index in [1.165, 1.54) is 0 Å². The van der Waals surface area contributed by atoms with E-state index in [2.05, 4.69) is 6.92 Å². The molecule has 0 amide bonds. The number of Topliss-reactive ketones (excluding diaryl/α,β-unsaturated/α-hetero) is 1. The van der Waals surface area contributed by atoms with Gasteiger partial charge in [-0.25, -0.2) is 0 Å².